The minimum Gasteiger partial charge on any atom is -0.352 e. The fourth-order valence-corrected chi connectivity index (χ4v) is 1.24. The van der Waals surface area contributed by atoms with Crippen LogP contribution < -0.4 is 5.32 Å². The molecule has 0 atom stereocenters. The van der Waals surface area contributed by atoms with E-state index in [4.69, 9.17) is 0 Å². The third-order valence-corrected chi connectivity index (χ3v) is 2.18. The molecule has 0 aliphatic carbocycles. The van der Waals surface area contributed by atoms with Crippen molar-refractivity contribution >= 4 is 5.91 Å². The number of nitrogens with one attached hydrogen (secondary N) is 1. The Hall–Kier alpha value is -1.49. The molecule has 3 nitrogen and oxygen atoms in total. The number of ether oxygens (including phenoxy) is 1. The minimum atomic E-state index is -2.82. The number of amides is 1. The van der Waals surface area contributed by atoms with Crippen LogP contribution in [0.2, 0.25) is 0 Å². The second-order valence-corrected chi connectivity index (χ2v) is 3.64. The van der Waals surface area contributed by atoms with Gasteiger partial charge in [-0.05, 0) is 12.5 Å². The quantitative estimate of drug-likeness (QED) is 0.832. The molecule has 0 bridgehead atoms. The van der Waals surface area contributed by atoms with Crippen LogP contribution in [0.1, 0.15) is 17.5 Å². The largest absolute Gasteiger partial charge is 0.352 e. The van der Waals surface area contributed by atoms with Crippen molar-refractivity contribution in [2.75, 3.05) is 6.61 Å². The van der Waals surface area contributed by atoms with Gasteiger partial charge in [0.1, 0.15) is 0 Å². The molecule has 0 aromatic heterocycles. The molecular weight excluding hydrogens is 228 g/mol. The standard InChI is InChI=1S/C12H15F2NO2/c1-9-2-4-10(5-3-9)8-15-11(16)6-7-17-12(13)14/h2-5,12H,6-8H2,1H3,(H,15,16). The normalized spacial score (nSPS) is 10.6. The van der Waals surface area contributed by atoms with Crippen molar-refractivity contribution in [2.45, 2.75) is 26.5 Å². The fraction of sp³-hybridized carbons (Fsp3) is 0.417. The lowest BCUT2D eigenvalue weighted by atomic mass is 10.1. The third kappa shape index (κ3) is 5.97. The summed E-state index contributed by atoms with van der Waals surface area (Å²) in [5, 5.41) is 2.63. The average Bonchev–Trinajstić information content (AvgIpc) is 2.28. The van der Waals surface area contributed by atoms with Gasteiger partial charge in [-0.15, -0.1) is 0 Å². The SMILES string of the molecule is Cc1ccc(CNC(=O)CCOC(F)F)cc1. The number of halogens is 2. The molecular formula is C12H15F2NO2. The van der Waals surface area contributed by atoms with E-state index in [9.17, 15) is 13.6 Å². The molecule has 0 saturated carbocycles. The zero-order valence-corrected chi connectivity index (χ0v) is 9.58. The fourth-order valence-electron chi connectivity index (χ4n) is 1.24. The first kappa shape index (κ1) is 13.6. The van der Waals surface area contributed by atoms with Gasteiger partial charge in [0.25, 0.3) is 0 Å². The van der Waals surface area contributed by atoms with Crippen LogP contribution in [-0.2, 0) is 16.1 Å². The van der Waals surface area contributed by atoms with Crippen LogP contribution in [0.15, 0.2) is 24.3 Å². The number of hydrogen-bond acceptors (Lipinski definition) is 2. The Morgan fingerprint density at radius 3 is 2.59 bits per heavy atom. The molecule has 0 unspecified atom stereocenters. The van der Waals surface area contributed by atoms with Crippen LogP contribution in [-0.4, -0.2) is 19.1 Å². The van der Waals surface area contributed by atoms with Crippen molar-refractivity contribution in [2.24, 2.45) is 0 Å². The number of hydrogen-bond donors (Lipinski definition) is 1. The van der Waals surface area contributed by atoms with Gasteiger partial charge in [-0.3, -0.25) is 4.79 Å². The van der Waals surface area contributed by atoms with E-state index in [1.165, 1.54) is 0 Å². The molecule has 1 aromatic carbocycles. The highest BCUT2D eigenvalue weighted by atomic mass is 19.3. The predicted molar refractivity (Wildman–Crippen MR) is 59.6 cm³/mol. The van der Waals surface area contributed by atoms with E-state index in [1.807, 2.05) is 31.2 Å². The molecule has 94 valence electrons. The molecule has 0 saturated heterocycles. The summed E-state index contributed by atoms with van der Waals surface area (Å²) in [5.41, 5.74) is 2.11. The molecule has 0 radical (unpaired) electrons. The van der Waals surface area contributed by atoms with Gasteiger partial charge in [0.2, 0.25) is 5.91 Å². The van der Waals surface area contributed by atoms with Crippen molar-refractivity contribution in [3.05, 3.63) is 35.4 Å². The summed E-state index contributed by atoms with van der Waals surface area (Å²) >= 11 is 0. The summed E-state index contributed by atoms with van der Waals surface area (Å²) in [6.07, 6.45) is -0.0593. The molecule has 1 N–H and O–H groups in total. The van der Waals surface area contributed by atoms with Crippen LogP contribution in [0.25, 0.3) is 0 Å². The molecule has 1 aromatic rings. The van der Waals surface area contributed by atoms with Crippen molar-refractivity contribution in [1.29, 1.82) is 0 Å². The van der Waals surface area contributed by atoms with Gasteiger partial charge in [-0.25, -0.2) is 0 Å². The highest BCUT2D eigenvalue weighted by molar-refractivity contribution is 5.75. The highest BCUT2D eigenvalue weighted by Gasteiger charge is 2.05. The monoisotopic (exact) mass is 243 g/mol. The van der Waals surface area contributed by atoms with E-state index in [2.05, 4.69) is 10.1 Å². The second kappa shape index (κ2) is 6.96. The van der Waals surface area contributed by atoms with Gasteiger partial charge < -0.3 is 10.1 Å². The van der Waals surface area contributed by atoms with E-state index in [-0.39, 0.29) is 18.9 Å². The molecule has 0 spiro atoms. The Bertz CT molecular complexity index is 352. The van der Waals surface area contributed by atoms with Gasteiger partial charge in [0.15, 0.2) is 0 Å². The molecule has 5 heteroatoms. The lowest BCUT2D eigenvalue weighted by Gasteiger charge is -2.06. The number of rotatable bonds is 6. The van der Waals surface area contributed by atoms with E-state index < -0.39 is 6.61 Å². The summed E-state index contributed by atoms with van der Waals surface area (Å²) in [7, 11) is 0. The lowest BCUT2D eigenvalue weighted by molar-refractivity contribution is -0.138. The number of carbonyl (C=O) groups excluding carboxylic acids is 1. The Morgan fingerprint density at radius 1 is 1.35 bits per heavy atom. The zero-order chi connectivity index (χ0) is 12.7. The number of alkyl halides is 2. The smallest absolute Gasteiger partial charge is 0.345 e. The minimum absolute atomic E-state index is 0.0593. The number of benzene rings is 1. The Morgan fingerprint density at radius 2 is 2.00 bits per heavy atom. The van der Waals surface area contributed by atoms with E-state index in [1.54, 1.807) is 0 Å². The molecule has 17 heavy (non-hydrogen) atoms. The van der Waals surface area contributed by atoms with Crippen LogP contribution >= 0.6 is 0 Å². The lowest BCUT2D eigenvalue weighted by Crippen LogP contribution is -2.24. The molecule has 1 rings (SSSR count). The molecule has 1 amide bonds. The highest BCUT2D eigenvalue weighted by Crippen LogP contribution is 2.02. The van der Waals surface area contributed by atoms with Crippen molar-refractivity contribution < 1.29 is 18.3 Å². The van der Waals surface area contributed by atoms with Crippen LogP contribution in [0.3, 0.4) is 0 Å². The Kier molecular flexibility index (Phi) is 5.56. The molecule has 0 aliphatic heterocycles. The van der Waals surface area contributed by atoms with Crippen molar-refractivity contribution in [3.63, 3.8) is 0 Å². The Balaban J connectivity index is 2.21. The van der Waals surface area contributed by atoms with Gasteiger partial charge in [-0.1, -0.05) is 29.8 Å². The first-order chi connectivity index (χ1) is 8.08. The first-order valence-corrected chi connectivity index (χ1v) is 5.30. The second-order valence-electron chi connectivity index (χ2n) is 3.64. The van der Waals surface area contributed by atoms with Crippen LogP contribution in [0, 0.1) is 6.92 Å². The average molecular weight is 243 g/mol. The van der Waals surface area contributed by atoms with E-state index >= 15 is 0 Å². The summed E-state index contributed by atoms with van der Waals surface area (Å²) in [6, 6.07) is 7.71. The summed E-state index contributed by atoms with van der Waals surface area (Å²) in [6.45, 7) is -0.713. The Labute approximate surface area is 98.8 Å². The maximum atomic E-state index is 11.6. The summed E-state index contributed by atoms with van der Waals surface area (Å²) in [5.74, 6) is -0.300. The van der Waals surface area contributed by atoms with E-state index in [0.717, 1.165) is 11.1 Å². The topological polar surface area (TPSA) is 38.3 Å². The van der Waals surface area contributed by atoms with Crippen LogP contribution in [0.4, 0.5) is 8.78 Å². The number of carbonyl (C=O) groups is 1. The summed E-state index contributed by atoms with van der Waals surface area (Å²) < 4.78 is 27.2. The predicted octanol–water partition coefficient (Wildman–Crippen LogP) is 2.24. The third-order valence-electron chi connectivity index (χ3n) is 2.18. The van der Waals surface area contributed by atoms with Crippen molar-refractivity contribution in [3.8, 4) is 0 Å². The number of aryl methyl sites for hydroxylation is 1. The van der Waals surface area contributed by atoms with E-state index in [0.29, 0.717) is 6.54 Å². The maximum absolute atomic E-state index is 11.6. The van der Waals surface area contributed by atoms with Gasteiger partial charge in [-0.2, -0.15) is 8.78 Å². The van der Waals surface area contributed by atoms with Gasteiger partial charge in [0.05, 0.1) is 13.0 Å². The molecule has 0 aliphatic rings. The summed E-state index contributed by atoms with van der Waals surface area (Å²) in [4.78, 5) is 11.2. The maximum Gasteiger partial charge on any atom is 0.345 e. The first-order valence-electron chi connectivity index (χ1n) is 5.30. The van der Waals surface area contributed by atoms with Gasteiger partial charge in [0, 0.05) is 6.54 Å². The zero-order valence-electron chi connectivity index (χ0n) is 9.58. The van der Waals surface area contributed by atoms with Crippen LogP contribution in [0.5, 0.6) is 0 Å². The van der Waals surface area contributed by atoms with Crippen molar-refractivity contribution in [1.82, 2.24) is 5.32 Å². The van der Waals surface area contributed by atoms with Gasteiger partial charge >= 0.3 is 6.61 Å². The molecule has 0 heterocycles. The molecule has 0 fully saturated rings.